The van der Waals surface area contributed by atoms with Crippen LogP contribution in [0.5, 0.6) is 11.5 Å². The van der Waals surface area contributed by atoms with Crippen LogP contribution in [0, 0.1) is 0 Å². The second-order valence-electron chi connectivity index (χ2n) is 9.63. The van der Waals surface area contributed by atoms with Crippen molar-refractivity contribution in [2.24, 2.45) is 0 Å². The molecule has 1 heterocycles. The fraction of sp³-hybridized carbons (Fsp3) is 0.300. The van der Waals surface area contributed by atoms with Gasteiger partial charge in [-0.15, -0.1) is 12.4 Å². The minimum absolute atomic E-state index is 0. The first-order valence-corrected chi connectivity index (χ1v) is 14.8. The molecule has 0 aromatic heterocycles. The van der Waals surface area contributed by atoms with Gasteiger partial charge in [-0.25, -0.2) is 13.2 Å². The highest BCUT2D eigenvalue weighted by Crippen LogP contribution is 2.25. The molecule has 3 aromatic rings. The lowest BCUT2D eigenvalue weighted by Gasteiger charge is -2.38. The van der Waals surface area contributed by atoms with Gasteiger partial charge in [0.1, 0.15) is 18.1 Å². The second-order valence-corrected chi connectivity index (χ2v) is 11.4. The number of ether oxygens (including phenoxy) is 2. The van der Waals surface area contributed by atoms with Gasteiger partial charge in [-0.1, -0.05) is 55.1 Å². The maximum atomic E-state index is 12.8. The molecule has 214 valence electrons. The minimum Gasteiger partial charge on any atom is -0.457 e. The summed E-state index contributed by atoms with van der Waals surface area (Å²) in [5.41, 5.74) is 2.75. The van der Waals surface area contributed by atoms with Gasteiger partial charge in [0.2, 0.25) is 10.0 Å². The van der Waals surface area contributed by atoms with E-state index in [2.05, 4.69) is 28.3 Å². The first-order valence-electron chi connectivity index (χ1n) is 12.9. The zero-order valence-corrected chi connectivity index (χ0v) is 24.2. The van der Waals surface area contributed by atoms with Gasteiger partial charge in [0, 0.05) is 37.9 Å². The molecule has 8 nitrogen and oxygen atoms in total. The molecule has 1 amide bonds. The molecule has 1 saturated heterocycles. The molecule has 0 radical (unpaired) electrons. The smallest absolute Gasteiger partial charge is 0.410 e. The third-order valence-corrected chi connectivity index (χ3v) is 7.08. The number of nitrogens with one attached hydrogen (secondary N) is 1. The molecule has 1 fully saturated rings. The molecule has 4 rings (SSSR count). The molecule has 40 heavy (non-hydrogen) atoms. The van der Waals surface area contributed by atoms with Crippen LogP contribution in [0.3, 0.4) is 0 Å². The molecule has 10 heteroatoms. The summed E-state index contributed by atoms with van der Waals surface area (Å²) in [6.07, 6.45) is 4.16. The molecular formula is C30H36ClN3O5S. The van der Waals surface area contributed by atoms with Crippen molar-refractivity contribution >= 4 is 34.2 Å². The molecule has 1 N–H and O–H groups in total. The zero-order chi connectivity index (χ0) is 27.7. The Kier molecular flexibility index (Phi) is 11.4. The normalized spacial score (nSPS) is 14.0. The maximum Gasteiger partial charge on any atom is 0.410 e. The van der Waals surface area contributed by atoms with Gasteiger partial charge >= 0.3 is 6.09 Å². The second kappa shape index (κ2) is 14.7. The number of halogens is 1. The van der Waals surface area contributed by atoms with Crippen molar-refractivity contribution in [3.8, 4) is 11.5 Å². The number of anilines is 1. The van der Waals surface area contributed by atoms with Gasteiger partial charge < -0.3 is 14.4 Å². The summed E-state index contributed by atoms with van der Waals surface area (Å²) in [7, 11) is -3.31. The molecule has 0 aliphatic carbocycles. The van der Waals surface area contributed by atoms with Crippen molar-refractivity contribution in [1.29, 1.82) is 0 Å². The number of likely N-dealkylation sites (tertiary alicyclic amines) is 1. The lowest BCUT2D eigenvalue weighted by molar-refractivity contribution is 0.0660. The molecule has 0 spiro atoms. The Morgan fingerprint density at radius 2 is 1.57 bits per heavy atom. The maximum absolute atomic E-state index is 12.8. The molecule has 0 bridgehead atoms. The summed E-state index contributed by atoms with van der Waals surface area (Å²) in [5, 5.41) is 0. The van der Waals surface area contributed by atoms with Crippen LogP contribution in [0.25, 0.3) is 0 Å². The summed E-state index contributed by atoms with van der Waals surface area (Å²) in [6.45, 7) is 6.97. The third-order valence-electron chi connectivity index (χ3n) is 6.48. The van der Waals surface area contributed by atoms with E-state index in [0.717, 1.165) is 44.3 Å². The Morgan fingerprint density at radius 3 is 2.15 bits per heavy atom. The largest absolute Gasteiger partial charge is 0.457 e. The van der Waals surface area contributed by atoms with Crippen LogP contribution in [-0.2, 0) is 27.8 Å². The fourth-order valence-electron chi connectivity index (χ4n) is 4.59. The molecule has 1 aliphatic heterocycles. The summed E-state index contributed by atoms with van der Waals surface area (Å²) in [4.78, 5) is 17.1. The molecule has 1 aliphatic rings. The SMILES string of the molecule is C=CCOC(=O)N(Cc1ccccc1)C1CCN(Cc2ccc(Oc3ccc(NS(C)(=O)=O)cc3)cc2)CC1.Cl. The van der Waals surface area contributed by atoms with E-state index in [1.165, 1.54) is 5.56 Å². The predicted molar refractivity (Wildman–Crippen MR) is 161 cm³/mol. The van der Waals surface area contributed by atoms with E-state index < -0.39 is 10.0 Å². The van der Waals surface area contributed by atoms with Crippen LogP contribution in [0.4, 0.5) is 10.5 Å². The highest BCUT2D eigenvalue weighted by molar-refractivity contribution is 7.92. The standard InChI is InChI=1S/C30H35N3O5S.ClH/c1-3-21-37-30(34)33(23-24-7-5-4-6-8-24)27-17-19-32(20-18-27)22-25-9-13-28(14-10-25)38-29-15-11-26(12-16-29)31-39(2,35)36;/h3-16,27,31H,1,17-23H2,2H3;1H. The van der Waals surface area contributed by atoms with Crippen LogP contribution in [0.1, 0.15) is 24.0 Å². The minimum atomic E-state index is -3.31. The van der Waals surface area contributed by atoms with Crippen molar-refractivity contribution < 1.29 is 22.7 Å². The van der Waals surface area contributed by atoms with Crippen molar-refractivity contribution in [2.45, 2.75) is 32.0 Å². The third kappa shape index (κ3) is 9.59. The summed E-state index contributed by atoms with van der Waals surface area (Å²) in [5.74, 6) is 1.33. The van der Waals surface area contributed by atoms with E-state index in [9.17, 15) is 13.2 Å². The molecule has 3 aromatic carbocycles. The summed E-state index contributed by atoms with van der Waals surface area (Å²) < 4.78 is 36.4. The fourth-order valence-corrected chi connectivity index (χ4v) is 5.15. The van der Waals surface area contributed by atoms with E-state index in [4.69, 9.17) is 9.47 Å². The average Bonchev–Trinajstić information content (AvgIpc) is 2.93. The molecule has 0 unspecified atom stereocenters. The van der Waals surface area contributed by atoms with Crippen LogP contribution >= 0.6 is 12.4 Å². The lowest BCUT2D eigenvalue weighted by Crippen LogP contribution is -2.47. The van der Waals surface area contributed by atoms with Crippen molar-refractivity contribution in [1.82, 2.24) is 9.80 Å². The summed E-state index contributed by atoms with van der Waals surface area (Å²) in [6, 6.07) is 24.8. The first kappa shape index (κ1) is 31.0. The van der Waals surface area contributed by atoms with E-state index in [-0.39, 0.29) is 31.1 Å². The first-order chi connectivity index (χ1) is 18.8. The Morgan fingerprint density at radius 1 is 0.975 bits per heavy atom. The number of carbonyl (C=O) groups excluding carboxylic acids is 1. The van der Waals surface area contributed by atoms with E-state index in [1.807, 2.05) is 47.4 Å². The van der Waals surface area contributed by atoms with Gasteiger partial charge in [-0.05, 0) is 60.4 Å². The Hall–Kier alpha value is -3.53. The van der Waals surface area contributed by atoms with E-state index >= 15 is 0 Å². The topological polar surface area (TPSA) is 88.2 Å². The van der Waals surface area contributed by atoms with Crippen molar-refractivity contribution in [3.05, 3.63) is 103 Å². The number of hydrogen-bond acceptors (Lipinski definition) is 6. The number of piperidine rings is 1. The Balaban J connectivity index is 0.00000441. The average molecular weight is 586 g/mol. The molecular weight excluding hydrogens is 550 g/mol. The van der Waals surface area contributed by atoms with Gasteiger partial charge in [0.05, 0.1) is 6.26 Å². The quantitative estimate of drug-likeness (QED) is 0.275. The Labute approximate surface area is 243 Å². The van der Waals surface area contributed by atoms with E-state index in [0.29, 0.717) is 23.7 Å². The van der Waals surface area contributed by atoms with Crippen LogP contribution < -0.4 is 9.46 Å². The van der Waals surface area contributed by atoms with Crippen LogP contribution in [0.2, 0.25) is 0 Å². The molecule has 0 saturated carbocycles. The van der Waals surface area contributed by atoms with Crippen LogP contribution in [-0.4, -0.2) is 56.3 Å². The number of sulfonamides is 1. The monoisotopic (exact) mass is 585 g/mol. The Bertz CT molecular complexity index is 1330. The van der Waals surface area contributed by atoms with E-state index in [1.54, 1.807) is 30.3 Å². The van der Waals surface area contributed by atoms with Gasteiger partial charge in [-0.3, -0.25) is 9.62 Å². The van der Waals surface area contributed by atoms with Gasteiger partial charge in [0.15, 0.2) is 0 Å². The summed E-state index contributed by atoms with van der Waals surface area (Å²) >= 11 is 0. The van der Waals surface area contributed by atoms with Gasteiger partial charge in [0.25, 0.3) is 0 Å². The van der Waals surface area contributed by atoms with Crippen LogP contribution in [0.15, 0.2) is 91.5 Å². The highest BCUT2D eigenvalue weighted by atomic mass is 35.5. The van der Waals surface area contributed by atoms with Crippen molar-refractivity contribution in [2.75, 3.05) is 30.7 Å². The van der Waals surface area contributed by atoms with Crippen molar-refractivity contribution in [3.63, 3.8) is 0 Å². The van der Waals surface area contributed by atoms with Gasteiger partial charge in [-0.2, -0.15) is 0 Å². The predicted octanol–water partition coefficient (Wildman–Crippen LogP) is 6.06. The number of carbonyl (C=O) groups is 1. The number of nitrogens with zero attached hydrogens (tertiary/aromatic N) is 2. The number of rotatable bonds is 11. The lowest BCUT2D eigenvalue weighted by atomic mass is 10.0. The number of benzene rings is 3. The molecule has 0 atom stereocenters. The number of amides is 1. The number of hydrogen-bond donors (Lipinski definition) is 1. The highest BCUT2D eigenvalue weighted by Gasteiger charge is 2.29. The zero-order valence-electron chi connectivity index (χ0n) is 22.6.